The monoisotopic (exact) mass is 278 g/mol. The van der Waals surface area contributed by atoms with Gasteiger partial charge < -0.3 is 4.74 Å². The van der Waals surface area contributed by atoms with Crippen LogP contribution in [0.25, 0.3) is 5.76 Å². The maximum absolute atomic E-state index is 11.5. The molecular formula is C11H9Cl3O2. The molecule has 16 heavy (non-hydrogen) atoms. The van der Waals surface area contributed by atoms with Crippen LogP contribution in [-0.2, 0) is 9.53 Å². The zero-order valence-corrected chi connectivity index (χ0v) is 10.7. The number of hydrogen-bond acceptors (Lipinski definition) is 2. The highest BCUT2D eigenvalue weighted by molar-refractivity contribution is 6.77. The number of ether oxygens (including phenoxy) is 1. The Balaban J connectivity index is 3.00. The molecule has 5 heteroatoms. The van der Waals surface area contributed by atoms with Crippen LogP contribution in [0.15, 0.2) is 36.4 Å². The molecule has 1 rings (SSSR count). The van der Waals surface area contributed by atoms with E-state index in [0.29, 0.717) is 5.76 Å². The molecule has 1 aromatic carbocycles. The molecule has 0 amide bonds. The largest absolute Gasteiger partial charge is 0.496 e. The van der Waals surface area contributed by atoms with Crippen LogP contribution >= 0.6 is 34.8 Å². The molecule has 86 valence electrons. The van der Waals surface area contributed by atoms with Crippen molar-refractivity contribution < 1.29 is 9.53 Å². The minimum atomic E-state index is -1.96. The van der Waals surface area contributed by atoms with E-state index in [1.165, 1.54) is 13.2 Å². The lowest BCUT2D eigenvalue weighted by molar-refractivity contribution is -0.113. The number of carbonyl (C=O) groups excluding carboxylic acids is 1. The summed E-state index contributed by atoms with van der Waals surface area (Å²) < 4.78 is 3.11. The molecular weight excluding hydrogens is 270 g/mol. The third-order valence-corrected chi connectivity index (χ3v) is 2.38. The van der Waals surface area contributed by atoms with Gasteiger partial charge in [0.25, 0.3) is 3.79 Å². The second kappa shape index (κ2) is 5.58. The average Bonchev–Trinajstić information content (AvgIpc) is 2.25. The molecule has 0 aliphatic rings. The molecule has 0 radical (unpaired) electrons. The number of benzene rings is 1. The summed E-state index contributed by atoms with van der Waals surface area (Å²) in [4.78, 5) is 11.5. The maximum atomic E-state index is 11.5. The van der Waals surface area contributed by atoms with Crippen LogP contribution in [-0.4, -0.2) is 16.7 Å². The summed E-state index contributed by atoms with van der Waals surface area (Å²) in [6.45, 7) is 0. The number of carbonyl (C=O) groups is 1. The van der Waals surface area contributed by atoms with Gasteiger partial charge in [0.15, 0.2) is 0 Å². The Morgan fingerprint density at radius 2 is 1.81 bits per heavy atom. The normalized spacial score (nSPS) is 12.4. The number of halogens is 3. The molecule has 0 aromatic heterocycles. The fourth-order valence-corrected chi connectivity index (χ4v) is 1.23. The second-order valence-corrected chi connectivity index (χ2v) is 5.22. The van der Waals surface area contributed by atoms with Crippen molar-refractivity contribution in [1.82, 2.24) is 0 Å². The molecule has 0 saturated heterocycles. The first-order valence-corrected chi connectivity index (χ1v) is 5.51. The molecule has 0 spiro atoms. The Morgan fingerprint density at radius 3 is 2.25 bits per heavy atom. The number of ketones is 1. The van der Waals surface area contributed by atoms with Gasteiger partial charge in [-0.2, -0.15) is 0 Å². The number of rotatable bonds is 3. The summed E-state index contributed by atoms with van der Waals surface area (Å²) in [7, 11) is 1.45. The van der Waals surface area contributed by atoms with Gasteiger partial charge in [0.2, 0.25) is 5.78 Å². The smallest absolute Gasteiger partial charge is 0.252 e. The Bertz CT molecular complexity index is 393. The Kier molecular flexibility index (Phi) is 4.66. The van der Waals surface area contributed by atoms with E-state index >= 15 is 0 Å². The van der Waals surface area contributed by atoms with Crippen molar-refractivity contribution in [1.29, 1.82) is 0 Å². The Labute approximate surface area is 109 Å². The van der Waals surface area contributed by atoms with Gasteiger partial charge in [-0.05, 0) is 0 Å². The highest BCUT2D eigenvalue weighted by Crippen LogP contribution is 2.29. The third-order valence-electron chi connectivity index (χ3n) is 1.82. The molecule has 0 atom stereocenters. The van der Waals surface area contributed by atoms with E-state index in [9.17, 15) is 4.79 Å². The summed E-state index contributed by atoms with van der Waals surface area (Å²) in [5.74, 6) is -0.282. The number of allylic oxidation sites excluding steroid dienone is 1. The summed E-state index contributed by atoms with van der Waals surface area (Å²) in [5.41, 5.74) is 0.743. The summed E-state index contributed by atoms with van der Waals surface area (Å²) in [5, 5.41) is 0. The van der Waals surface area contributed by atoms with Gasteiger partial charge in [-0.15, -0.1) is 0 Å². The number of hydrogen-bond donors (Lipinski definition) is 0. The van der Waals surface area contributed by atoms with Crippen LogP contribution in [0.5, 0.6) is 0 Å². The highest BCUT2D eigenvalue weighted by atomic mass is 35.6. The van der Waals surface area contributed by atoms with Crippen LogP contribution in [0.4, 0.5) is 0 Å². The zero-order chi connectivity index (χ0) is 12.2. The van der Waals surface area contributed by atoms with Crippen molar-refractivity contribution in [2.75, 3.05) is 7.11 Å². The van der Waals surface area contributed by atoms with Crippen LogP contribution in [0.2, 0.25) is 0 Å². The van der Waals surface area contributed by atoms with Gasteiger partial charge in [-0.25, -0.2) is 0 Å². The second-order valence-electron chi connectivity index (χ2n) is 2.94. The van der Waals surface area contributed by atoms with Crippen molar-refractivity contribution in [2.24, 2.45) is 0 Å². The van der Waals surface area contributed by atoms with Crippen LogP contribution in [0, 0.1) is 0 Å². The van der Waals surface area contributed by atoms with Crippen molar-refractivity contribution in [3.63, 3.8) is 0 Å². The van der Waals surface area contributed by atoms with E-state index in [0.717, 1.165) is 5.56 Å². The Morgan fingerprint density at radius 1 is 1.25 bits per heavy atom. The first-order chi connectivity index (χ1) is 7.45. The maximum Gasteiger partial charge on any atom is 0.252 e. The summed E-state index contributed by atoms with van der Waals surface area (Å²) in [6, 6.07) is 9.08. The molecule has 0 aliphatic heterocycles. The predicted octanol–water partition coefficient (Wildman–Crippen LogP) is 3.61. The number of methoxy groups -OCH3 is 1. The topological polar surface area (TPSA) is 26.3 Å². The molecule has 0 saturated carbocycles. The van der Waals surface area contributed by atoms with E-state index in [-0.39, 0.29) is 0 Å². The lowest BCUT2D eigenvalue weighted by Crippen LogP contribution is -2.16. The molecule has 0 N–H and O–H groups in total. The average molecular weight is 280 g/mol. The predicted molar refractivity (Wildman–Crippen MR) is 66.7 cm³/mol. The van der Waals surface area contributed by atoms with Crippen molar-refractivity contribution >= 4 is 46.3 Å². The SMILES string of the molecule is CO/C(=C\C(=O)C(Cl)(Cl)Cl)c1ccccc1. The fourth-order valence-electron chi connectivity index (χ4n) is 1.06. The van der Waals surface area contributed by atoms with E-state index in [1.807, 2.05) is 18.2 Å². The van der Waals surface area contributed by atoms with Gasteiger partial charge in [0.05, 0.1) is 7.11 Å². The molecule has 0 heterocycles. The van der Waals surface area contributed by atoms with E-state index in [1.54, 1.807) is 12.1 Å². The van der Waals surface area contributed by atoms with Crippen LogP contribution in [0.3, 0.4) is 0 Å². The quantitative estimate of drug-likeness (QED) is 0.480. The molecule has 0 fully saturated rings. The molecule has 2 nitrogen and oxygen atoms in total. The molecule has 1 aromatic rings. The third kappa shape index (κ3) is 3.71. The van der Waals surface area contributed by atoms with Gasteiger partial charge in [0.1, 0.15) is 5.76 Å². The van der Waals surface area contributed by atoms with Gasteiger partial charge in [-0.3, -0.25) is 4.79 Å². The number of alkyl halides is 3. The Hall–Kier alpha value is -0.700. The van der Waals surface area contributed by atoms with Crippen LogP contribution < -0.4 is 0 Å². The standard InChI is InChI=1S/C11H9Cl3O2/c1-16-9(7-10(15)11(12,13)14)8-5-3-2-4-6-8/h2-7H,1H3/b9-7-. The van der Waals surface area contributed by atoms with Crippen molar-refractivity contribution in [3.05, 3.63) is 42.0 Å². The first-order valence-electron chi connectivity index (χ1n) is 4.37. The lowest BCUT2D eigenvalue weighted by atomic mass is 10.1. The van der Waals surface area contributed by atoms with E-state index in [2.05, 4.69) is 0 Å². The molecule has 0 unspecified atom stereocenters. The summed E-state index contributed by atoms with van der Waals surface area (Å²) >= 11 is 16.4. The lowest BCUT2D eigenvalue weighted by Gasteiger charge is -2.09. The van der Waals surface area contributed by atoms with Gasteiger partial charge in [-0.1, -0.05) is 65.1 Å². The zero-order valence-electron chi connectivity index (χ0n) is 8.41. The van der Waals surface area contributed by atoms with Crippen molar-refractivity contribution in [3.8, 4) is 0 Å². The van der Waals surface area contributed by atoms with E-state index < -0.39 is 9.58 Å². The fraction of sp³-hybridized carbons (Fsp3) is 0.182. The first kappa shape index (κ1) is 13.4. The molecule has 0 aliphatic carbocycles. The van der Waals surface area contributed by atoms with E-state index in [4.69, 9.17) is 39.5 Å². The van der Waals surface area contributed by atoms with Gasteiger partial charge >= 0.3 is 0 Å². The molecule has 0 bridgehead atoms. The minimum Gasteiger partial charge on any atom is -0.496 e. The highest BCUT2D eigenvalue weighted by Gasteiger charge is 2.29. The van der Waals surface area contributed by atoms with Crippen LogP contribution in [0.1, 0.15) is 5.56 Å². The summed E-state index contributed by atoms with van der Waals surface area (Å²) in [6.07, 6.45) is 1.17. The van der Waals surface area contributed by atoms with Crippen molar-refractivity contribution in [2.45, 2.75) is 3.79 Å². The minimum absolute atomic E-state index is 0.358. The van der Waals surface area contributed by atoms with Gasteiger partial charge in [0, 0.05) is 11.6 Å².